The predicted molar refractivity (Wildman–Crippen MR) is 114 cm³/mol. The van der Waals surface area contributed by atoms with Crippen molar-refractivity contribution in [1.82, 2.24) is 0 Å². The third-order valence-electron chi connectivity index (χ3n) is 6.15. The number of aromatic hydroxyl groups is 2. The highest BCUT2D eigenvalue weighted by molar-refractivity contribution is 6.31. The number of hydrogen-bond acceptors (Lipinski definition) is 9. The van der Waals surface area contributed by atoms with E-state index in [-0.39, 0.29) is 40.9 Å². The molecule has 0 saturated carbocycles. The van der Waals surface area contributed by atoms with Crippen molar-refractivity contribution < 1.29 is 44.3 Å². The van der Waals surface area contributed by atoms with E-state index in [1.165, 1.54) is 18.2 Å². The summed E-state index contributed by atoms with van der Waals surface area (Å²) in [5, 5.41) is 43.2. The van der Waals surface area contributed by atoms with Crippen molar-refractivity contribution in [2.45, 2.75) is 51.4 Å². The molecule has 0 saturated heterocycles. The lowest BCUT2D eigenvalue weighted by molar-refractivity contribution is -0.139. The molecule has 2 aromatic carbocycles. The summed E-state index contributed by atoms with van der Waals surface area (Å²) in [6.07, 6.45) is -2.54. The first-order valence-electron chi connectivity index (χ1n) is 10.5. The van der Waals surface area contributed by atoms with Crippen LogP contribution in [0.2, 0.25) is 0 Å². The SMILES string of the molecule is CC(=O)C1(O)Cc2c(O)c3c(c(O)c2C(O)C1)C(=O)c1c(OCOC(C)C)cccc1C3=O. The van der Waals surface area contributed by atoms with Crippen molar-refractivity contribution in [1.29, 1.82) is 0 Å². The zero-order valence-electron chi connectivity index (χ0n) is 18.3. The first-order valence-corrected chi connectivity index (χ1v) is 10.5. The van der Waals surface area contributed by atoms with Crippen molar-refractivity contribution >= 4 is 17.3 Å². The Balaban J connectivity index is 1.89. The fourth-order valence-electron chi connectivity index (χ4n) is 4.40. The second-order valence-electron chi connectivity index (χ2n) is 8.64. The molecule has 0 aliphatic heterocycles. The number of Topliss-reactive ketones (excluding diaryl/α,β-unsaturated/α-hetero) is 1. The number of ether oxygens (including phenoxy) is 2. The van der Waals surface area contributed by atoms with Crippen LogP contribution in [0.4, 0.5) is 0 Å². The van der Waals surface area contributed by atoms with Crippen LogP contribution in [0.15, 0.2) is 18.2 Å². The third kappa shape index (κ3) is 3.49. The lowest BCUT2D eigenvalue weighted by Gasteiger charge is -2.36. The number of carbonyl (C=O) groups is 3. The fraction of sp³-hybridized carbons (Fsp3) is 0.375. The number of carbonyl (C=O) groups excluding carboxylic acids is 3. The molecule has 2 atom stereocenters. The van der Waals surface area contributed by atoms with E-state index in [1.807, 2.05) is 0 Å². The molecule has 0 spiro atoms. The number of benzene rings is 2. The summed E-state index contributed by atoms with van der Waals surface area (Å²) in [5.41, 5.74) is -3.36. The predicted octanol–water partition coefficient (Wildman–Crippen LogP) is 1.93. The van der Waals surface area contributed by atoms with Crippen LogP contribution < -0.4 is 4.74 Å². The summed E-state index contributed by atoms with van der Waals surface area (Å²) in [6, 6.07) is 4.38. The minimum Gasteiger partial charge on any atom is -0.507 e. The zero-order chi connectivity index (χ0) is 24.2. The van der Waals surface area contributed by atoms with Crippen LogP contribution in [-0.2, 0) is 16.0 Å². The number of phenols is 2. The van der Waals surface area contributed by atoms with Gasteiger partial charge in [0.15, 0.2) is 18.4 Å². The first kappa shape index (κ1) is 22.9. The highest BCUT2D eigenvalue weighted by Gasteiger charge is 2.47. The maximum atomic E-state index is 13.4. The smallest absolute Gasteiger partial charge is 0.202 e. The molecule has 0 heterocycles. The quantitative estimate of drug-likeness (QED) is 0.333. The molecule has 2 unspecified atom stereocenters. The van der Waals surface area contributed by atoms with E-state index in [1.54, 1.807) is 13.8 Å². The Kier molecular flexibility index (Phi) is 5.52. The van der Waals surface area contributed by atoms with E-state index in [0.717, 1.165) is 6.92 Å². The van der Waals surface area contributed by atoms with Gasteiger partial charge in [-0.2, -0.15) is 0 Å². The second-order valence-corrected chi connectivity index (χ2v) is 8.64. The molecule has 0 radical (unpaired) electrons. The highest BCUT2D eigenvalue weighted by atomic mass is 16.7. The molecule has 9 nitrogen and oxygen atoms in total. The molecule has 174 valence electrons. The normalized spacial score (nSPS) is 21.5. The van der Waals surface area contributed by atoms with E-state index in [4.69, 9.17) is 9.47 Å². The molecule has 0 aromatic heterocycles. The van der Waals surface area contributed by atoms with Crippen LogP contribution in [0.1, 0.15) is 76.3 Å². The highest BCUT2D eigenvalue weighted by Crippen LogP contribution is 2.50. The summed E-state index contributed by atoms with van der Waals surface area (Å²) in [7, 11) is 0. The van der Waals surface area contributed by atoms with Gasteiger partial charge in [0.05, 0.1) is 28.9 Å². The summed E-state index contributed by atoms with van der Waals surface area (Å²) in [5.74, 6) is -3.41. The van der Waals surface area contributed by atoms with E-state index in [2.05, 4.69) is 0 Å². The average Bonchev–Trinajstić information content (AvgIpc) is 2.73. The van der Waals surface area contributed by atoms with Crippen molar-refractivity contribution in [3.05, 3.63) is 51.6 Å². The fourth-order valence-corrected chi connectivity index (χ4v) is 4.40. The molecular weight excluding hydrogens is 432 g/mol. The molecule has 2 aromatic rings. The molecule has 0 fully saturated rings. The number of hydrogen-bond donors (Lipinski definition) is 4. The van der Waals surface area contributed by atoms with Crippen LogP contribution in [0.3, 0.4) is 0 Å². The van der Waals surface area contributed by atoms with Gasteiger partial charge in [-0.25, -0.2) is 0 Å². The van der Waals surface area contributed by atoms with Crippen LogP contribution in [-0.4, -0.2) is 56.3 Å². The van der Waals surface area contributed by atoms with Gasteiger partial charge >= 0.3 is 0 Å². The molecular formula is C24H24O9. The Morgan fingerprint density at radius 2 is 1.79 bits per heavy atom. The molecule has 33 heavy (non-hydrogen) atoms. The zero-order valence-corrected chi connectivity index (χ0v) is 18.3. The Hall–Kier alpha value is -3.27. The van der Waals surface area contributed by atoms with Crippen molar-refractivity contribution in [2.24, 2.45) is 0 Å². The number of phenolic OH excluding ortho intramolecular Hbond substituents is 2. The molecule has 4 rings (SSSR count). The van der Waals surface area contributed by atoms with E-state index < -0.39 is 64.5 Å². The number of aliphatic hydroxyl groups is 2. The van der Waals surface area contributed by atoms with E-state index >= 15 is 0 Å². The molecule has 2 aliphatic carbocycles. The molecule has 9 heteroatoms. The van der Waals surface area contributed by atoms with E-state index in [9.17, 15) is 34.8 Å². The third-order valence-corrected chi connectivity index (χ3v) is 6.15. The van der Waals surface area contributed by atoms with Gasteiger partial charge in [-0.05, 0) is 26.8 Å². The number of fused-ring (bicyclic) bond motifs is 3. The number of rotatable bonds is 5. The Labute approximate surface area is 189 Å². The standard InChI is InChI=1S/C24H24O9/c1-10(2)32-9-33-15-6-4-5-12-17(15)23(30)19-18(20(12)27)21(28)13-7-24(31,11(3)25)8-14(26)16(13)22(19)29/h4-6,10,14,26,28-29,31H,7-9H2,1-3H3. The average molecular weight is 456 g/mol. The van der Waals surface area contributed by atoms with Crippen LogP contribution in [0.5, 0.6) is 17.2 Å². The number of ketones is 3. The Morgan fingerprint density at radius 3 is 2.42 bits per heavy atom. The lowest BCUT2D eigenvalue weighted by Crippen LogP contribution is -2.44. The molecule has 0 amide bonds. The van der Waals surface area contributed by atoms with Gasteiger partial charge in [0, 0.05) is 29.5 Å². The minimum absolute atomic E-state index is 0.0395. The van der Waals surface area contributed by atoms with Gasteiger partial charge < -0.3 is 29.9 Å². The van der Waals surface area contributed by atoms with Crippen molar-refractivity contribution in [3.8, 4) is 17.2 Å². The van der Waals surface area contributed by atoms with Crippen molar-refractivity contribution in [3.63, 3.8) is 0 Å². The minimum atomic E-state index is -1.98. The maximum Gasteiger partial charge on any atom is 0.202 e. The van der Waals surface area contributed by atoms with Crippen LogP contribution >= 0.6 is 0 Å². The lowest BCUT2D eigenvalue weighted by atomic mass is 9.72. The van der Waals surface area contributed by atoms with Crippen LogP contribution in [0.25, 0.3) is 0 Å². The first-order chi connectivity index (χ1) is 15.5. The summed E-state index contributed by atoms with van der Waals surface area (Å²) < 4.78 is 10.9. The molecule has 2 aliphatic rings. The Bertz CT molecular complexity index is 1200. The topological polar surface area (TPSA) is 151 Å². The summed E-state index contributed by atoms with van der Waals surface area (Å²) in [4.78, 5) is 38.7. The van der Waals surface area contributed by atoms with E-state index in [0.29, 0.717) is 0 Å². The van der Waals surface area contributed by atoms with Gasteiger partial charge in [0.25, 0.3) is 0 Å². The molecule has 4 N–H and O–H groups in total. The maximum absolute atomic E-state index is 13.4. The van der Waals surface area contributed by atoms with Gasteiger partial charge in [-0.3, -0.25) is 14.4 Å². The van der Waals surface area contributed by atoms with Gasteiger partial charge in [0.1, 0.15) is 22.8 Å². The van der Waals surface area contributed by atoms with Gasteiger partial charge in [-0.15, -0.1) is 0 Å². The Morgan fingerprint density at radius 1 is 1.12 bits per heavy atom. The van der Waals surface area contributed by atoms with Gasteiger partial charge in [0.2, 0.25) is 5.78 Å². The summed E-state index contributed by atoms with van der Waals surface area (Å²) in [6.45, 7) is 4.57. The second kappa shape index (κ2) is 7.95. The summed E-state index contributed by atoms with van der Waals surface area (Å²) >= 11 is 0. The van der Waals surface area contributed by atoms with Crippen LogP contribution in [0, 0.1) is 0 Å². The number of aliphatic hydroxyl groups excluding tert-OH is 1. The van der Waals surface area contributed by atoms with Crippen molar-refractivity contribution in [2.75, 3.05) is 6.79 Å². The molecule has 0 bridgehead atoms. The van der Waals surface area contributed by atoms with Gasteiger partial charge in [-0.1, -0.05) is 12.1 Å². The largest absolute Gasteiger partial charge is 0.507 e. The monoisotopic (exact) mass is 456 g/mol.